The Morgan fingerprint density at radius 2 is 1.90 bits per heavy atom. The summed E-state index contributed by atoms with van der Waals surface area (Å²) >= 11 is 0. The Balaban J connectivity index is 2.71. The fraction of sp³-hybridized carbons (Fsp3) is 0.714. The third-order valence-electron chi connectivity index (χ3n) is 3.00. The van der Waals surface area contributed by atoms with E-state index in [9.17, 15) is 13.2 Å². The van der Waals surface area contributed by atoms with Crippen LogP contribution in [-0.2, 0) is 13.1 Å². The Kier molecular flexibility index (Phi) is 6.07. The van der Waals surface area contributed by atoms with E-state index in [0.29, 0.717) is 18.3 Å². The zero-order valence-electron chi connectivity index (χ0n) is 12.4. The minimum absolute atomic E-state index is 0.166. The van der Waals surface area contributed by atoms with Gasteiger partial charge in [0, 0.05) is 24.2 Å². The minimum Gasteiger partial charge on any atom is -0.468 e. The molecule has 0 radical (unpaired) electrons. The van der Waals surface area contributed by atoms with Crippen molar-refractivity contribution in [2.75, 3.05) is 6.54 Å². The summed E-state index contributed by atoms with van der Waals surface area (Å²) in [6.45, 7) is 7.37. The Morgan fingerprint density at radius 1 is 1.25 bits per heavy atom. The molecular weight excluding hydrogens is 269 g/mol. The average molecular weight is 292 g/mol. The van der Waals surface area contributed by atoms with E-state index in [0.717, 1.165) is 5.56 Å². The van der Waals surface area contributed by atoms with Gasteiger partial charge >= 0.3 is 6.18 Å². The first-order valence-electron chi connectivity index (χ1n) is 6.78. The lowest BCUT2D eigenvalue weighted by Crippen LogP contribution is -2.38. The van der Waals surface area contributed by atoms with Gasteiger partial charge in [0.15, 0.2) is 0 Å². The zero-order valence-corrected chi connectivity index (χ0v) is 12.4. The van der Waals surface area contributed by atoms with Crippen molar-refractivity contribution in [3.63, 3.8) is 0 Å². The van der Waals surface area contributed by atoms with Crippen molar-refractivity contribution in [2.24, 2.45) is 0 Å². The van der Waals surface area contributed by atoms with Gasteiger partial charge in [-0.2, -0.15) is 13.2 Å². The summed E-state index contributed by atoms with van der Waals surface area (Å²) in [5, 5.41) is 3.24. The molecule has 1 N–H and O–H groups in total. The third kappa shape index (κ3) is 5.96. The fourth-order valence-corrected chi connectivity index (χ4v) is 1.81. The standard InChI is InChI=1S/C14H23F3N2O/c1-10(2)18-7-12-5-6-20-13(12)8-19(11(3)4)9-14(15,16)17/h5-6,10-11,18H,7-9H2,1-4H3. The molecule has 0 spiro atoms. The van der Waals surface area contributed by atoms with Crippen LogP contribution in [0.3, 0.4) is 0 Å². The lowest BCUT2D eigenvalue weighted by atomic mass is 10.2. The maximum absolute atomic E-state index is 12.6. The predicted molar refractivity (Wildman–Crippen MR) is 72.3 cm³/mol. The molecule has 0 aliphatic rings. The van der Waals surface area contributed by atoms with E-state index in [1.54, 1.807) is 19.9 Å². The average Bonchev–Trinajstić information content (AvgIpc) is 2.71. The van der Waals surface area contributed by atoms with Gasteiger partial charge in [0.05, 0.1) is 19.4 Å². The monoisotopic (exact) mass is 292 g/mol. The molecule has 0 amide bonds. The molecule has 1 aromatic heterocycles. The van der Waals surface area contributed by atoms with Crippen molar-refractivity contribution >= 4 is 0 Å². The molecular formula is C14H23F3N2O. The molecule has 0 aromatic carbocycles. The summed E-state index contributed by atoms with van der Waals surface area (Å²) in [4.78, 5) is 1.36. The van der Waals surface area contributed by atoms with Gasteiger partial charge in [-0.1, -0.05) is 13.8 Å². The van der Waals surface area contributed by atoms with Gasteiger partial charge in [0.1, 0.15) is 5.76 Å². The largest absolute Gasteiger partial charge is 0.468 e. The number of alkyl halides is 3. The Labute approximate surface area is 118 Å². The SMILES string of the molecule is CC(C)NCc1ccoc1CN(CC(F)(F)F)C(C)C. The molecule has 1 rings (SSSR count). The third-order valence-corrected chi connectivity index (χ3v) is 3.00. The maximum atomic E-state index is 12.6. The van der Waals surface area contributed by atoms with Crippen LogP contribution in [0.1, 0.15) is 39.0 Å². The van der Waals surface area contributed by atoms with Gasteiger partial charge in [0.25, 0.3) is 0 Å². The molecule has 0 aliphatic heterocycles. The molecule has 0 unspecified atom stereocenters. The highest BCUT2D eigenvalue weighted by Gasteiger charge is 2.32. The van der Waals surface area contributed by atoms with Crippen LogP contribution >= 0.6 is 0 Å². The topological polar surface area (TPSA) is 28.4 Å². The summed E-state index contributed by atoms with van der Waals surface area (Å²) in [5.41, 5.74) is 0.909. The van der Waals surface area contributed by atoms with Crippen molar-refractivity contribution in [1.82, 2.24) is 10.2 Å². The van der Waals surface area contributed by atoms with Gasteiger partial charge in [-0.3, -0.25) is 4.90 Å². The van der Waals surface area contributed by atoms with E-state index in [2.05, 4.69) is 5.32 Å². The smallest absolute Gasteiger partial charge is 0.401 e. The van der Waals surface area contributed by atoms with E-state index in [1.807, 2.05) is 13.8 Å². The van der Waals surface area contributed by atoms with Crippen LogP contribution in [0.25, 0.3) is 0 Å². The first kappa shape index (κ1) is 17.0. The molecule has 0 saturated carbocycles. The van der Waals surface area contributed by atoms with Crippen molar-refractivity contribution in [2.45, 2.75) is 59.0 Å². The van der Waals surface area contributed by atoms with E-state index in [4.69, 9.17) is 4.42 Å². The lowest BCUT2D eigenvalue weighted by molar-refractivity contribution is -0.151. The molecule has 0 atom stereocenters. The summed E-state index contributed by atoms with van der Waals surface area (Å²) in [7, 11) is 0. The summed E-state index contributed by atoms with van der Waals surface area (Å²) in [5.74, 6) is 0.594. The van der Waals surface area contributed by atoms with Crippen molar-refractivity contribution in [3.05, 3.63) is 23.7 Å². The van der Waals surface area contributed by atoms with Crippen molar-refractivity contribution < 1.29 is 17.6 Å². The Hall–Kier alpha value is -1.01. The second-order valence-corrected chi connectivity index (χ2v) is 5.52. The fourth-order valence-electron chi connectivity index (χ4n) is 1.81. The predicted octanol–water partition coefficient (Wildman–Crippen LogP) is 3.55. The van der Waals surface area contributed by atoms with Crippen LogP contribution < -0.4 is 5.32 Å². The molecule has 6 heteroatoms. The Bertz CT molecular complexity index is 399. The van der Waals surface area contributed by atoms with E-state index >= 15 is 0 Å². The van der Waals surface area contributed by atoms with Crippen LogP contribution in [0.15, 0.2) is 16.7 Å². The first-order chi connectivity index (χ1) is 9.19. The number of rotatable bonds is 7. The highest BCUT2D eigenvalue weighted by atomic mass is 19.4. The van der Waals surface area contributed by atoms with Gasteiger partial charge in [0.2, 0.25) is 0 Å². The number of halogens is 3. The molecule has 0 bridgehead atoms. The molecule has 0 fully saturated rings. The second kappa shape index (κ2) is 7.13. The molecule has 20 heavy (non-hydrogen) atoms. The van der Waals surface area contributed by atoms with Gasteiger partial charge < -0.3 is 9.73 Å². The molecule has 1 heterocycles. The normalized spacial score (nSPS) is 12.9. The maximum Gasteiger partial charge on any atom is 0.401 e. The number of furan rings is 1. The minimum atomic E-state index is -4.20. The van der Waals surface area contributed by atoms with Gasteiger partial charge in [-0.25, -0.2) is 0 Å². The number of nitrogens with one attached hydrogen (secondary N) is 1. The van der Waals surface area contributed by atoms with Crippen LogP contribution in [0, 0.1) is 0 Å². The summed E-state index contributed by atoms with van der Waals surface area (Å²) in [6, 6.07) is 1.92. The Morgan fingerprint density at radius 3 is 2.40 bits per heavy atom. The van der Waals surface area contributed by atoms with Crippen molar-refractivity contribution in [1.29, 1.82) is 0 Å². The second-order valence-electron chi connectivity index (χ2n) is 5.52. The van der Waals surface area contributed by atoms with Crippen LogP contribution in [-0.4, -0.2) is 29.7 Å². The number of hydrogen-bond donors (Lipinski definition) is 1. The highest BCUT2D eigenvalue weighted by Crippen LogP contribution is 2.21. The summed E-state index contributed by atoms with van der Waals surface area (Å²) in [6.07, 6.45) is -2.67. The molecule has 116 valence electrons. The molecule has 0 saturated heterocycles. The lowest BCUT2D eigenvalue weighted by Gasteiger charge is -2.26. The van der Waals surface area contributed by atoms with Crippen LogP contribution in [0.4, 0.5) is 13.2 Å². The molecule has 1 aromatic rings. The van der Waals surface area contributed by atoms with Crippen LogP contribution in [0.2, 0.25) is 0 Å². The summed E-state index contributed by atoms with van der Waals surface area (Å²) < 4.78 is 43.0. The van der Waals surface area contributed by atoms with E-state index in [1.165, 1.54) is 11.2 Å². The quantitative estimate of drug-likeness (QED) is 0.833. The van der Waals surface area contributed by atoms with Crippen molar-refractivity contribution in [3.8, 4) is 0 Å². The first-order valence-corrected chi connectivity index (χ1v) is 6.78. The highest BCUT2D eigenvalue weighted by molar-refractivity contribution is 5.17. The van der Waals surface area contributed by atoms with Gasteiger partial charge in [-0.15, -0.1) is 0 Å². The van der Waals surface area contributed by atoms with Crippen LogP contribution in [0.5, 0.6) is 0 Å². The number of hydrogen-bond acceptors (Lipinski definition) is 3. The molecule has 0 aliphatic carbocycles. The van der Waals surface area contributed by atoms with E-state index in [-0.39, 0.29) is 12.6 Å². The van der Waals surface area contributed by atoms with Gasteiger partial charge in [-0.05, 0) is 19.9 Å². The molecule has 3 nitrogen and oxygen atoms in total. The van der Waals surface area contributed by atoms with E-state index < -0.39 is 12.7 Å². The number of nitrogens with zero attached hydrogens (tertiary/aromatic N) is 1. The zero-order chi connectivity index (χ0) is 15.3.